The Morgan fingerprint density at radius 1 is 0.388 bits per heavy atom. The van der Waals surface area contributed by atoms with Gasteiger partial charge in [0.1, 0.15) is 49.6 Å². The van der Waals surface area contributed by atoms with Gasteiger partial charge < -0.3 is 84.2 Å². The number of hydrogen-bond donors (Lipinski definition) is 6. The molecule has 0 bridgehead atoms. The number of hydrogen-bond acceptors (Lipinski definition) is 25. The van der Waals surface area contributed by atoms with Crippen LogP contribution in [0.2, 0.25) is 40.7 Å². The van der Waals surface area contributed by atoms with Crippen molar-refractivity contribution >= 4 is 177 Å². The van der Waals surface area contributed by atoms with Gasteiger partial charge in [0, 0.05) is 176 Å². The van der Waals surface area contributed by atoms with E-state index in [9.17, 15) is 40.8 Å². The maximum absolute atomic E-state index is 12.2. The minimum atomic E-state index is -4.02. The molecule has 12 saturated heterocycles. The maximum atomic E-state index is 12.2. The van der Waals surface area contributed by atoms with Crippen molar-refractivity contribution in [2.24, 2.45) is 35.5 Å². The van der Waals surface area contributed by atoms with Crippen LogP contribution in [-0.4, -0.2) is 277 Å². The number of amides is 5. The zero-order valence-electron chi connectivity index (χ0n) is 76.8. The van der Waals surface area contributed by atoms with Gasteiger partial charge in [0.2, 0.25) is 0 Å². The van der Waals surface area contributed by atoms with E-state index in [1.54, 1.807) is 75.9 Å². The van der Waals surface area contributed by atoms with Crippen molar-refractivity contribution in [1.82, 2.24) is 65.7 Å². The highest BCUT2D eigenvalue weighted by Gasteiger charge is 2.52. The first-order valence-electron chi connectivity index (χ1n) is 43.8. The number of anilines is 3. The molecular weight excluding hydrogens is 2000 g/mol. The minimum Gasteiger partial charge on any atom is -0.445 e. The molecule has 6 N–H and O–H groups in total. The van der Waals surface area contributed by atoms with Gasteiger partial charge in [-0.2, -0.15) is 16.8 Å². The Labute approximate surface area is 832 Å². The van der Waals surface area contributed by atoms with E-state index >= 15 is 0 Å². The Morgan fingerprint density at radius 2 is 0.724 bits per heavy atom. The Hall–Kier alpha value is -7.53. The van der Waals surface area contributed by atoms with Crippen molar-refractivity contribution in [2.75, 3.05) is 133 Å². The number of carbonyl (C=O) groups is 5. The molecule has 0 radical (unpaired) electrons. The van der Waals surface area contributed by atoms with Crippen LogP contribution in [0.3, 0.4) is 0 Å². The van der Waals surface area contributed by atoms with Crippen LogP contribution in [0, 0.1) is 42.4 Å². The van der Waals surface area contributed by atoms with Crippen LogP contribution in [0.4, 0.5) is 41.0 Å². The van der Waals surface area contributed by atoms with Crippen molar-refractivity contribution in [3.05, 3.63) is 190 Å². The Kier molecular flexibility index (Phi) is 36.7. The molecule has 43 heteroatoms. The first-order chi connectivity index (χ1) is 62.8. The van der Waals surface area contributed by atoms with E-state index in [4.69, 9.17) is 126 Å². The molecule has 5 amide bonds. The molecule has 12 atom stereocenters. The van der Waals surface area contributed by atoms with Gasteiger partial charge in [-0.1, -0.05) is 159 Å². The number of likely N-dealkylation sites (tertiary alicyclic amines) is 5. The molecule has 732 valence electrons. The van der Waals surface area contributed by atoms with E-state index < -0.39 is 31.4 Å². The summed E-state index contributed by atoms with van der Waals surface area (Å²) in [6.07, 6.45) is 5.83. The third-order valence-corrected chi connectivity index (χ3v) is 28.4. The van der Waals surface area contributed by atoms with Crippen molar-refractivity contribution in [3.8, 4) is 0 Å². The fourth-order valence-corrected chi connectivity index (χ4v) is 18.9. The Balaban J connectivity index is 0.000000147. The van der Waals surface area contributed by atoms with E-state index in [1.165, 1.54) is 24.3 Å². The SMILES string of the molecule is CC(C)(C)OC(=O)N1C[C@H]2CN(c3cnc(Cl)c(Cl)c3)CC21.CC(C)(C)OC(=O)N1C[C@H]2CN(c3cnc(Cl)c(Cl)c3)CC21.CC(C)(C)OC(=O)N1C[C@H]2CNCC21.CC(C)(C)OC(=O)N1C[C@H]2CNCC21.Cc1ccc(S(=O)(=O)O)cc1.Clc1cc(Br)cnc1Cl.Clc1cc(N2C[C@@H]3CN[C@@H]3C2)cnc1Cl.O=C(OCc1ccccc1)N1C[C@@H]2CN[C@@H]2C1.O=S(=O)(O)c1ccccc1. The summed E-state index contributed by atoms with van der Waals surface area (Å²) in [5, 5.41) is 16.5. The number of rotatable bonds is 7. The second kappa shape index (κ2) is 46.0. The van der Waals surface area contributed by atoms with Crippen molar-refractivity contribution in [2.45, 2.75) is 165 Å². The third kappa shape index (κ3) is 30.5. The quantitative estimate of drug-likeness (QED) is 0.0490. The molecule has 12 aliphatic heterocycles. The molecule has 7 aromatic rings. The first kappa shape index (κ1) is 107. The van der Waals surface area contributed by atoms with Gasteiger partial charge in [-0.05, 0) is 160 Å². The summed E-state index contributed by atoms with van der Waals surface area (Å²) in [6.45, 7) is 41.2. The predicted molar refractivity (Wildman–Crippen MR) is 524 cm³/mol. The van der Waals surface area contributed by atoms with Crippen molar-refractivity contribution in [1.29, 1.82) is 0 Å². The van der Waals surface area contributed by atoms with Crippen LogP contribution >= 0.6 is 109 Å². The number of nitrogens with zero attached hydrogens (tertiary/aromatic N) is 12. The standard InChI is InChI=1S/2C15H19Cl2N3O2.C13H16N2O2.C10H11Cl2N3.2C10H18N2O2.C7H8O3S.C6H6O3S.C5H2BrCl2N/c2*1-15(2,3)22-14(21)20-7-9-6-19(8-12(9)20)10-4-11(16)13(17)18-5-10;16-13(15-7-11-6-14-12(11)8-15)17-9-10-4-2-1-3-5-10;11-8-1-7(3-14-10(8)12)15-4-6-2-13-9(6)5-15;2*1-10(2,3)14-9(13)12-6-7-4-11-5-8(7)12;1-6-2-4-7(5-3-6)11(8,9)10;7-10(8,9)6-4-2-1-3-5-6;6-3-1-4(7)5(8)9-2-3/h2*4-5,9,12H,6-8H2,1-3H3;1-5,11-12,14H,6-9H2;1,3,6,9,13H,2,4-5H2;2*7-8,11H,4-6H2,1-3H3;2-5H,1H3,(H,8,9,10);1-5H,(H,7,8,9);1-2H/t2*9-,12?;11-,12+;6-,9+;2*7-,8?;;;/m110011.../s1. The van der Waals surface area contributed by atoms with E-state index in [0.29, 0.717) is 101 Å². The third-order valence-electron chi connectivity index (χ3n) is 23.5. The highest BCUT2D eigenvalue weighted by molar-refractivity contribution is 9.10. The maximum Gasteiger partial charge on any atom is 0.410 e. The summed E-state index contributed by atoms with van der Waals surface area (Å²) < 4.78 is 86.4. The summed E-state index contributed by atoms with van der Waals surface area (Å²) in [7, 11) is -8.02. The van der Waals surface area contributed by atoms with E-state index in [2.05, 4.69) is 71.8 Å². The van der Waals surface area contributed by atoms with Crippen molar-refractivity contribution < 1.29 is 73.6 Å². The molecule has 4 unspecified atom stereocenters. The van der Waals surface area contributed by atoms with Gasteiger partial charge in [0.05, 0.1) is 89.7 Å². The molecule has 0 saturated carbocycles. The van der Waals surface area contributed by atoms with Crippen LogP contribution in [0.15, 0.2) is 148 Å². The number of ether oxygens (including phenoxy) is 5. The molecule has 12 fully saturated rings. The minimum absolute atomic E-state index is 0.0666. The molecule has 0 aliphatic carbocycles. The number of benzene rings is 3. The van der Waals surface area contributed by atoms with Crippen molar-refractivity contribution in [3.63, 3.8) is 0 Å². The number of aryl methyl sites for hydroxylation is 1. The number of aromatic nitrogens is 4. The molecule has 4 aromatic heterocycles. The second-order valence-corrected chi connectivity index (χ2v) is 45.1. The lowest BCUT2D eigenvalue weighted by Gasteiger charge is -2.43. The number of carbonyl (C=O) groups excluding carboxylic acids is 5. The van der Waals surface area contributed by atoms with Crippen LogP contribution in [0.5, 0.6) is 0 Å². The highest BCUT2D eigenvalue weighted by atomic mass is 79.9. The fraction of sp³-hybridized carbons (Fsp3) is 0.527. The molecule has 134 heavy (non-hydrogen) atoms. The van der Waals surface area contributed by atoms with Gasteiger partial charge in [-0.3, -0.25) is 9.11 Å². The lowest BCUT2D eigenvalue weighted by atomic mass is 9.93. The van der Waals surface area contributed by atoms with Crippen LogP contribution in [0.1, 0.15) is 94.2 Å². The van der Waals surface area contributed by atoms with Crippen LogP contribution in [0.25, 0.3) is 0 Å². The van der Waals surface area contributed by atoms with Gasteiger partial charge in [-0.15, -0.1) is 0 Å². The number of pyridine rings is 4. The molecule has 3 aromatic carbocycles. The summed E-state index contributed by atoms with van der Waals surface area (Å²) in [5.41, 5.74) is 3.24. The first-order valence-corrected chi connectivity index (χ1v) is 50.5. The average Bonchev–Trinajstić information content (AvgIpc) is 1.61. The molecule has 12 aliphatic rings. The smallest absolute Gasteiger partial charge is 0.410 e. The predicted octanol–water partition coefficient (Wildman–Crippen LogP) is 16.9. The lowest BCUT2D eigenvalue weighted by molar-refractivity contribution is -0.0171. The van der Waals surface area contributed by atoms with E-state index in [0.717, 1.165) is 156 Å². The number of fused-ring (bicyclic) bond motifs is 6. The van der Waals surface area contributed by atoms with Gasteiger partial charge in [0.25, 0.3) is 20.2 Å². The van der Waals surface area contributed by atoms with Gasteiger partial charge >= 0.3 is 30.5 Å². The monoisotopic (exact) mass is 2110 g/mol. The molecule has 32 nitrogen and oxygen atoms in total. The van der Waals surface area contributed by atoms with Gasteiger partial charge in [-0.25, -0.2) is 43.9 Å². The van der Waals surface area contributed by atoms with Gasteiger partial charge in [0.15, 0.2) is 0 Å². The zero-order chi connectivity index (χ0) is 97.9. The fourth-order valence-electron chi connectivity index (χ4n) is 16.4. The summed E-state index contributed by atoms with van der Waals surface area (Å²) in [6, 6.07) is 32.7. The largest absolute Gasteiger partial charge is 0.445 e. The number of halogens is 9. The Bertz CT molecular complexity index is 5270. The molecular formula is C91H117BrCl8N16O16S2. The highest BCUT2D eigenvalue weighted by Crippen LogP contribution is 2.41. The van der Waals surface area contributed by atoms with E-state index in [-0.39, 0.29) is 63.5 Å². The van der Waals surface area contributed by atoms with E-state index in [1.807, 2.05) is 148 Å². The second-order valence-electron chi connectivity index (χ2n) is 38.3. The molecule has 0 spiro atoms. The zero-order valence-corrected chi connectivity index (χ0v) is 86.0. The summed E-state index contributed by atoms with van der Waals surface area (Å²) in [5.74, 6) is 3.69. The average molecular weight is 2120 g/mol. The summed E-state index contributed by atoms with van der Waals surface area (Å²) >= 11 is 49.8. The lowest BCUT2D eigenvalue weighted by Crippen LogP contribution is -2.59. The summed E-state index contributed by atoms with van der Waals surface area (Å²) in [4.78, 5) is 91.1. The normalized spacial score (nSPS) is 23.3. The molecule has 16 heterocycles. The van der Waals surface area contributed by atoms with Crippen LogP contribution < -0.4 is 36.0 Å². The number of nitrogens with one attached hydrogen (secondary N) is 4. The topological polar surface area (TPSA) is 366 Å². The molecule has 19 rings (SSSR count). The van der Waals surface area contributed by atoms with Crippen LogP contribution in [-0.2, 0) is 50.5 Å². The Morgan fingerprint density at radius 3 is 1.04 bits per heavy atom.